The topological polar surface area (TPSA) is 56.8 Å². The quantitative estimate of drug-likeness (QED) is 0.581. The molecule has 3 aromatic rings. The van der Waals surface area contributed by atoms with Crippen LogP contribution in [0.1, 0.15) is 36.4 Å². The molecule has 7 heteroatoms. The van der Waals surface area contributed by atoms with Gasteiger partial charge in [-0.3, -0.25) is 14.6 Å². The molecule has 154 valence electrons. The monoisotopic (exact) mass is 420 g/mol. The number of carbonyl (C=O) groups excluding carboxylic acids is 2. The Balaban J connectivity index is 1.38. The van der Waals surface area contributed by atoms with Crippen molar-refractivity contribution in [1.82, 2.24) is 14.8 Å². The minimum atomic E-state index is -0.497. The number of likely N-dealkylation sites (tertiary alicyclic amines) is 1. The van der Waals surface area contributed by atoms with Gasteiger partial charge in [-0.05, 0) is 51.0 Å². The summed E-state index contributed by atoms with van der Waals surface area (Å²) in [5, 5.41) is 1.07. The van der Waals surface area contributed by atoms with Gasteiger partial charge in [-0.1, -0.05) is 29.8 Å². The lowest BCUT2D eigenvalue weighted by atomic mass is 10.2. The molecule has 3 heterocycles. The fourth-order valence-corrected chi connectivity index (χ4v) is 5.52. The highest BCUT2D eigenvalue weighted by molar-refractivity contribution is 7.18. The van der Waals surface area contributed by atoms with E-state index in [1.165, 1.54) is 9.60 Å². The van der Waals surface area contributed by atoms with E-state index in [0.29, 0.717) is 6.67 Å². The molecule has 0 bridgehead atoms. The Kier molecular flexibility index (Phi) is 4.79. The lowest BCUT2D eigenvalue weighted by molar-refractivity contribution is -0.128. The maximum atomic E-state index is 13.2. The molecule has 2 atom stereocenters. The van der Waals surface area contributed by atoms with Crippen LogP contribution in [0.25, 0.3) is 10.2 Å². The number of nitrogens with zero attached hydrogens (tertiary/aromatic N) is 4. The van der Waals surface area contributed by atoms with Crippen LogP contribution < -0.4 is 4.90 Å². The summed E-state index contributed by atoms with van der Waals surface area (Å²) in [7, 11) is 0. The van der Waals surface area contributed by atoms with Crippen LogP contribution in [0.5, 0.6) is 0 Å². The summed E-state index contributed by atoms with van der Waals surface area (Å²) in [5.74, 6) is -0.143. The molecule has 2 aliphatic heterocycles. The second-order valence-electron chi connectivity index (χ2n) is 8.06. The zero-order chi connectivity index (χ0) is 20.8. The lowest BCUT2D eigenvalue weighted by Gasteiger charge is -2.27. The summed E-state index contributed by atoms with van der Waals surface area (Å²) in [6, 6.07) is 15.3. The van der Waals surface area contributed by atoms with Crippen LogP contribution in [0, 0.1) is 6.92 Å². The summed E-state index contributed by atoms with van der Waals surface area (Å²) < 4.78 is 1.17. The Bertz CT molecular complexity index is 1080. The number of carbonyl (C=O) groups is 2. The number of urea groups is 1. The molecule has 6 nitrogen and oxygen atoms in total. The van der Waals surface area contributed by atoms with Gasteiger partial charge in [0.1, 0.15) is 11.0 Å². The predicted molar refractivity (Wildman–Crippen MR) is 119 cm³/mol. The lowest BCUT2D eigenvalue weighted by Crippen LogP contribution is -2.42. The number of para-hydroxylation sites is 1. The number of benzene rings is 2. The number of thiazole rings is 1. The highest BCUT2D eigenvalue weighted by Crippen LogP contribution is 2.37. The molecule has 0 N–H and O–H groups in total. The standard InChI is InChI=1S/C23H24N4O2S/c1-15-9-11-17(12-10-15)27-16(2)22(28)26(23(27)29)14-25-13-5-7-19(25)21-24-18-6-3-4-8-20(18)30-21/h3-4,6,8-12,16,19H,5,7,13-14H2,1-2H3/t16-,19+/m1/s1. The van der Waals surface area contributed by atoms with Crippen molar-refractivity contribution < 1.29 is 9.59 Å². The van der Waals surface area contributed by atoms with E-state index in [9.17, 15) is 9.59 Å². The number of hydrogen-bond acceptors (Lipinski definition) is 5. The van der Waals surface area contributed by atoms with Crippen molar-refractivity contribution in [2.45, 2.75) is 38.8 Å². The maximum Gasteiger partial charge on any atom is 0.333 e. The zero-order valence-electron chi connectivity index (χ0n) is 17.1. The van der Waals surface area contributed by atoms with E-state index in [-0.39, 0.29) is 18.0 Å². The van der Waals surface area contributed by atoms with E-state index >= 15 is 0 Å². The normalized spacial score (nSPS) is 22.6. The highest BCUT2D eigenvalue weighted by atomic mass is 32.1. The number of anilines is 1. The number of aryl methyl sites for hydroxylation is 1. The molecule has 1 aromatic heterocycles. The first-order chi connectivity index (χ1) is 14.5. The fraction of sp³-hybridized carbons (Fsp3) is 0.348. The van der Waals surface area contributed by atoms with Crippen LogP contribution >= 0.6 is 11.3 Å². The molecule has 0 aliphatic carbocycles. The molecule has 0 spiro atoms. The van der Waals surface area contributed by atoms with Crippen LogP contribution in [-0.4, -0.2) is 46.0 Å². The molecular formula is C23H24N4O2S. The SMILES string of the molecule is Cc1ccc(N2C(=O)N(CN3CCC[C@H]3c3nc4ccccc4s3)C(=O)[C@H]2C)cc1. The van der Waals surface area contributed by atoms with Gasteiger partial charge in [0.25, 0.3) is 5.91 Å². The van der Waals surface area contributed by atoms with E-state index in [1.54, 1.807) is 23.2 Å². The van der Waals surface area contributed by atoms with Crippen LogP contribution in [-0.2, 0) is 4.79 Å². The number of aromatic nitrogens is 1. The third kappa shape index (κ3) is 3.18. The van der Waals surface area contributed by atoms with Gasteiger partial charge < -0.3 is 0 Å². The molecular weight excluding hydrogens is 396 g/mol. The van der Waals surface area contributed by atoms with Gasteiger partial charge in [0.15, 0.2) is 0 Å². The number of fused-ring (bicyclic) bond motifs is 1. The van der Waals surface area contributed by atoms with E-state index in [2.05, 4.69) is 11.0 Å². The molecule has 5 rings (SSSR count). The van der Waals surface area contributed by atoms with Crippen molar-refractivity contribution in [3.63, 3.8) is 0 Å². The third-order valence-electron chi connectivity index (χ3n) is 6.04. The van der Waals surface area contributed by atoms with E-state index in [4.69, 9.17) is 4.98 Å². The molecule has 2 aliphatic rings. The minimum absolute atomic E-state index is 0.143. The summed E-state index contributed by atoms with van der Waals surface area (Å²) in [6.45, 7) is 4.97. The van der Waals surface area contributed by atoms with Gasteiger partial charge in [0.2, 0.25) is 0 Å². The molecule has 2 aromatic carbocycles. The number of hydrogen-bond donors (Lipinski definition) is 0. The van der Waals surface area contributed by atoms with Crippen molar-refractivity contribution in [3.8, 4) is 0 Å². The average molecular weight is 421 g/mol. The maximum absolute atomic E-state index is 13.2. The Morgan fingerprint density at radius 2 is 1.87 bits per heavy atom. The second kappa shape index (κ2) is 7.49. The smallest absolute Gasteiger partial charge is 0.282 e. The fourth-order valence-electron chi connectivity index (χ4n) is 4.38. The van der Waals surface area contributed by atoms with E-state index in [1.807, 2.05) is 49.4 Å². The third-order valence-corrected chi connectivity index (χ3v) is 7.18. The molecule has 0 unspecified atom stereocenters. The van der Waals surface area contributed by atoms with Gasteiger partial charge in [-0.25, -0.2) is 14.7 Å². The van der Waals surface area contributed by atoms with Crippen molar-refractivity contribution in [1.29, 1.82) is 0 Å². The van der Waals surface area contributed by atoms with Crippen molar-refractivity contribution >= 4 is 39.2 Å². The predicted octanol–water partition coefficient (Wildman–Crippen LogP) is 4.56. The molecule has 3 amide bonds. The Labute approximate surface area is 179 Å². The molecule has 0 radical (unpaired) electrons. The minimum Gasteiger partial charge on any atom is -0.282 e. The number of imide groups is 1. The molecule has 2 fully saturated rings. The highest BCUT2D eigenvalue weighted by Gasteiger charge is 2.45. The van der Waals surface area contributed by atoms with Crippen molar-refractivity contribution in [2.24, 2.45) is 0 Å². The summed E-state index contributed by atoms with van der Waals surface area (Å²) in [5.41, 5.74) is 2.90. The second-order valence-corrected chi connectivity index (χ2v) is 9.12. The van der Waals surface area contributed by atoms with Gasteiger partial charge in [0.05, 0.1) is 22.9 Å². The van der Waals surface area contributed by atoms with Crippen LogP contribution in [0.3, 0.4) is 0 Å². The van der Waals surface area contributed by atoms with E-state index in [0.717, 1.165) is 41.2 Å². The number of amides is 3. The summed E-state index contributed by atoms with van der Waals surface area (Å²) >= 11 is 1.71. The Hall–Kier alpha value is -2.77. The summed E-state index contributed by atoms with van der Waals surface area (Å²) in [6.07, 6.45) is 2.03. The summed E-state index contributed by atoms with van der Waals surface area (Å²) in [4.78, 5) is 36.2. The number of rotatable bonds is 4. The average Bonchev–Trinajstić information content (AvgIpc) is 3.43. The van der Waals surface area contributed by atoms with Crippen LogP contribution in [0.15, 0.2) is 48.5 Å². The van der Waals surface area contributed by atoms with E-state index < -0.39 is 6.04 Å². The van der Waals surface area contributed by atoms with Gasteiger partial charge in [-0.15, -0.1) is 11.3 Å². The van der Waals surface area contributed by atoms with Crippen LogP contribution in [0.4, 0.5) is 10.5 Å². The largest absolute Gasteiger partial charge is 0.333 e. The molecule has 30 heavy (non-hydrogen) atoms. The first kappa shape index (κ1) is 19.2. The van der Waals surface area contributed by atoms with Crippen LogP contribution in [0.2, 0.25) is 0 Å². The first-order valence-electron chi connectivity index (χ1n) is 10.3. The van der Waals surface area contributed by atoms with Gasteiger partial charge in [0, 0.05) is 12.2 Å². The zero-order valence-corrected chi connectivity index (χ0v) is 17.9. The molecule has 0 saturated carbocycles. The Morgan fingerprint density at radius 3 is 2.63 bits per heavy atom. The first-order valence-corrected chi connectivity index (χ1v) is 11.2. The van der Waals surface area contributed by atoms with Gasteiger partial charge >= 0.3 is 6.03 Å². The van der Waals surface area contributed by atoms with Gasteiger partial charge in [-0.2, -0.15) is 0 Å². The molecule has 2 saturated heterocycles. The van der Waals surface area contributed by atoms with Crippen molar-refractivity contribution in [3.05, 3.63) is 59.1 Å². The van der Waals surface area contributed by atoms with Crippen molar-refractivity contribution in [2.75, 3.05) is 18.1 Å². The Morgan fingerprint density at radius 1 is 1.10 bits per heavy atom.